The normalized spacial score (nSPS) is 11.0. The predicted molar refractivity (Wildman–Crippen MR) is 76.8 cm³/mol. The van der Waals surface area contributed by atoms with E-state index < -0.39 is 22.0 Å². The van der Waals surface area contributed by atoms with Gasteiger partial charge >= 0.3 is 11.9 Å². The molecule has 1 aromatic rings. The highest BCUT2D eigenvalue weighted by Gasteiger charge is 2.16. The van der Waals surface area contributed by atoms with E-state index in [2.05, 4.69) is 9.46 Å². The van der Waals surface area contributed by atoms with Crippen LogP contribution in [0.25, 0.3) is 0 Å². The number of methoxy groups -OCH3 is 1. The van der Waals surface area contributed by atoms with Crippen molar-refractivity contribution in [1.29, 1.82) is 0 Å². The fourth-order valence-electron chi connectivity index (χ4n) is 1.71. The molecule has 0 fully saturated rings. The van der Waals surface area contributed by atoms with Gasteiger partial charge in [0.05, 0.1) is 24.1 Å². The molecule has 0 unspecified atom stereocenters. The Morgan fingerprint density at radius 2 is 2.00 bits per heavy atom. The number of carboxylic acids is 1. The third-order valence-electron chi connectivity index (χ3n) is 2.81. The number of sulfonamides is 1. The fraction of sp³-hybridized carbons (Fsp3) is 0.385. The zero-order valence-electron chi connectivity index (χ0n) is 11.8. The van der Waals surface area contributed by atoms with E-state index >= 15 is 0 Å². The Labute approximate surface area is 123 Å². The molecule has 0 amide bonds. The van der Waals surface area contributed by atoms with Crippen LogP contribution in [0.5, 0.6) is 0 Å². The molecule has 2 N–H and O–H groups in total. The van der Waals surface area contributed by atoms with Gasteiger partial charge in [0.25, 0.3) is 0 Å². The minimum absolute atomic E-state index is 0.0143. The van der Waals surface area contributed by atoms with E-state index in [1.807, 2.05) is 0 Å². The fourth-order valence-corrected chi connectivity index (χ4v) is 2.89. The van der Waals surface area contributed by atoms with Crippen molar-refractivity contribution in [3.05, 3.63) is 29.3 Å². The number of carbonyl (C=O) groups excluding carboxylic acids is 1. The third kappa shape index (κ3) is 5.07. The summed E-state index contributed by atoms with van der Waals surface area (Å²) in [6.07, 6.45) is -0.206. The first kappa shape index (κ1) is 17.0. The molecule has 21 heavy (non-hydrogen) atoms. The molecule has 7 nitrogen and oxygen atoms in total. The molecule has 0 aliphatic rings. The van der Waals surface area contributed by atoms with Gasteiger partial charge in [-0.15, -0.1) is 0 Å². The zero-order chi connectivity index (χ0) is 16.0. The first-order valence-corrected chi connectivity index (χ1v) is 7.82. The van der Waals surface area contributed by atoms with Crippen LogP contribution in [0.1, 0.15) is 28.8 Å². The van der Waals surface area contributed by atoms with Crippen molar-refractivity contribution >= 4 is 27.6 Å². The summed E-state index contributed by atoms with van der Waals surface area (Å²) < 4.78 is 30.7. The summed E-state index contributed by atoms with van der Waals surface area (Å²) in [6, 6.07) is 4.59. The second-order valence-corrected chi connectivity index (χ2v) is 6.23. The maximum atomic E-state index is 11.9. The van der Waals surface area contributed by atoms with E-state index in [9.17, 15) is 18.0 Å². The Morgan fingerprint density at radius 3 is 2.57 bits per heavy atom. The number of aliphatic carboxylic acids is 1. The number of rotatable bonds is 7. The number of hydrogen-bond donors (Lipinski definition) is 2. The summed E-state index contributed by atoms with van der Waals surface area (Å²) in [5, 5.41) is 8.50. The van der Waals surface area contributed by atoms with E-state index in [-0.39, 0.29) is 29.8 Å². The molecule has 0 spiro atoms. The lowest BCUT2D eigenvalue weighted by Gasteiger charge is -2.12. The zero-order valence-corrected chi connectivity index (χ0v) is 12.6. The van der Waals surface area contributed by atoms with Crippen LogP contribution in [-0.2, 0) is 19.6 Å². The van der Waals surface area contributed by atoms with Crippen molar-refractivity contribution < 1.29 is 27.9 Å². The summed E-state index contributed by atoms with van der Waals surface area (Å²) in [4.78, 5) is 21.9. The molecule has 0 aliphatic carbocycles. The lowest BCUT2D eigenvalue weighted by atomic mass is 10.1. The smallest absolute Gasteiger partial charge is 0.338 e. The predicted octanol–water partition coefficient (Wildman–Crippen LogP) is 1.39. The number of hydrogen-bond acceptors (Lipinski definition) is 5. The first-order chi connectivity index (χ1) is 9.76. The van der Waals surface area contributed by atoms with Crippen LogP contribution in [-0.4, -0.2) is 38.3 Å². The van der Waals surface area contributed by atoms with E-state index in [1.165, 1.54) is 25.3 Å². The number of nitrogens with one attached hydrogen (secondary N) is 1. The number of carbonyl (C=O) groups is 2. The molecule has 0 heterocycles. The molecule has 0 atom stereocenters. The molecular formula is C13H17NO6S. The number of esters is 1. The summed E-state index contributed by atoms with van der Waals surface area (Å²) in [7, 11) is -2.43. The van der Waals surface area contributed by atoms with Crippen LogP contribution >= 0.6 is 0 Å². The highest BCUT2D eigenvalue weighted by molar-refractivity contribution is 7.92. The van der Waals surface area contributed by atoms with E-state index in [0.717, 1.165) is 0 Å². The highest BCUT2D eigenvalue weighted by atomic mass is 32.2. The maximum absolute atomic E-state index is 11.9. The second kappa shape index (κ2) is 7.07. The van der Waals surface area contributed by atoms with E-state index in [0.29, 0.717) is 5.56 Å². The van der Waals surface area contributed by atoms with Crippen molar-refractivity contribution in [3.63, 3.8) is 0 Å². The monoisotopic (exact) mass is 315 g/mol. The van der Waals surface area contributed by atoms with Crippen LogP contribution in [0.3, 0.4) is 0 Å². The molecule has 0 saturated carbocycles. The van der Waals surface area contributed by atoms with Crippen molar-refractivity contribution in [1.82, 2.24) is 0 Å². The Kier molecular flexibility index (Phi) is 5.71. The third-order valence-corrected chi connectivity index (χ3v) is 4.17. The maximum Gasteiger partial charge on any atom is 0.338 e. The standard InChI is InChI=1S/C13H17NO6S/c1-9-10(13(17)20-2)5-3-6-11(9)14-21(18,19)8-4-7-12(15)16/h3,5-6,14H,4,7-8H2,1-2H3,(H,15,16). The molecule has 8 heteroatoms. The topological polar surface area (TPSA) is 110 Å². The number of benzene rings is 1. The van der Waals surface area contributed by atoms with Gasteiger partial charge in [0, 0.05) is 6.42 Å². The van der Waals surface area contributed by atoms with Crippen LogP contribution < -0.4 is 4.72 Å². The van der Waals surface area contributed by atoms with Gasteiger partial charge in [-0.1, -0.05) is 6.07 Å². The van der Waals surface area contributed by atoms with Gasteiger partial charge in [-0.3, -0.25) is 9.52 Å². The summed E-state index contributed by atoms with van der Waals surface area (Å²) in [6.45, 7) is 1.60. The van der Waals surface area contributed by atoms with Gasteiger partial charge in [-0.25, -0.2) is 13.2 Å². The van der Waals surface area contributed by atoms with Gasteiger partial charge < -0.3 is 9.84 Å². The van der Waals surface area contributed by atoms with Crippen molar-refractivity contribution in [2.75, 3.05) is 17.6 Å². The SMILES string of the molecule is COC(=O)c1cccc(NS(=O)(=O)CCCC(=O)O)c1C. The average Bonchev–Trinajstić information content (AvgIpc) is 2.39. The van der Waals surface area contributed by atoms with Gasteiger partial charge in [0.2, 0.25) is 10.0 Å². The summed E-state index contributed by atoms with van der Waals surface area (Å²) in [5.74, 6) is -1.91. The Hall–Kier alpha value is -2.09. The quantitative estimate of drug-likeness (QED) is 0.736. The minimum atomic E-state index is -3.67. The molecule has 0 radical (unpaired) electrons. The van der Waals surface area contributed by atoms with Gasteiger partial charge in [0.15, 0.2) is 0 Å². The molecule has 116 valence electrons. The average molecular weight is 315 g/mol. The van der Waals surface area contributed by atoms with Crippen molar-refractivity contribution in [2.24, 2.45) is 0 Å². The summed E-state index contributed by atoms with van der Waals surface area (Å²) >= 11 is 0. The van der Waals surface area contributed by atoms with Gasteiger partial charge in [0.1, 0.15) is 0 Å². The van der Waals surface area contributed by atoms with Crippen LogP contribution in [0.4, 0.5) is 5.69 Å². The largest absolute Gasteiger partial charge is 0.481 e. The first-order valence-electron chi connectivity index (χ1n) is 6.17. The van der Waals surface area contributed by atoms with E-state index in [1.54, 1.807) is 6.92 Å². The molecule has 0 bridgehead atoms. The van der Waals surface area contributed by atoms with Gasteiger partial charge in [-0.2, -0.15) is 0 Å². The lowest BCUT2D eigenvalue weighted by molar-refractivity contribution is -0.137. The van der Waals surface area contributed by atoms with Crippen molar-refractivity contribution in [2.45, 2.75) is 19.8 Å². The molecule has 1 rings (SSSR count). The van der Waals surface area contributed by atoms with Crippen LogP contribution in [0, 0.1) is 6.92 Å². The second-order valence-electron chi connectivity index (χ2n) is 4.39. The molecule has 0 aromatic heterocycles. The lowest BCUT2D eigenvalue weighted by Crippen LogP contribution is -2.18. The molecule has 1 aromatic carbocycles. The number of carboxylic acid groups (broad SMARTS) is 1. The number of anilines is 1. The Morgan fingerprint density at radius 1 is 1.33 bits per heavy atom. The Balaban J connectivity index is 2.87. The summed E-state index contributed by atoms with van der Waals surface area (Å²) in [5.41, 5.74) is 0.989. The van der Waals surface area contributed by atoms with E-state index in [4.69, 9.17) is 5.11 Å². The molecule has 0 saturated heterocycles. The molecular weight excluding hydrogens is 298 g/mol. The molecule has 0 aliphatic heterocycles. The minimum Gasteiger partial charge on any atom is -0.481 e. The highest BCUT2D eigenvalue weighted by Crippen LogP contribution is 2.21. The Bertz CT molecular complexity index is 638. The van der Waals surface area contributed by atoms with Crippen LogP contribution in [0.2, 0.25) is 0 Å². The van der Waals surface area contributed by atoms with Gasteiger partial charge in [-0.05, 0) is 31.0 Å². The van der Waals surface area contributed by atoms with Crippen LogP contribution in [0.15, 0.2) is 18.2 Å². The van der Waals surface area contributed by atoms with Crippen molar-refractivity contribution in [3.8, 4) is 0 Å². The number of ether oxygens (including phenoxy) is 1.